The largest absolute Gasteiger partial charge is 0.481 e. The second-order valence-electron chi connectivity index (χ2n) is 6.55. The van der Waals surface area contributed by atoms with Gasteiger partial charge in [-0.05, 0) is 61.6 Å². The molecule has 2 radical (unpaired) electrons. The molecule has 1 saturated carbocycles. The van der Waals surface area contributed by atoms with Crippen molar-refractivity contribution in [2.45, 2.75) is 63.1 Å². The van der Waals surface area contributed by atoms with Crippen molar-refractivity contribution in [3.63, 3.8) is 0 Å². The molecule has 1 aromatic rings. The van der Waals surface area contributed by atoms with Gasteiger partial charge in [-0.1, -0.05) is 43.5 Å². The molecule has 2 rings (SSSR count). The van der Waals surface area contributed by atoms with E-state index in [1.54, 1.807) is 0 Å². The van der Waals surface area contributed by atoms with Gasteiger partial charge in [0.25, 0.3) is 0 Å². The zero-order valence-corrected chi connectivity index (χ0v) is 14.0. The molecule has 0 aliphatic heterocycles. The Morgan fingerprint density at radius 1 is 1.27 bits per heavy atom. The van der Waals surface area contributed by atoms with Gasteiger partial charge in [0.05, 0.1) is 7.85 Å². The molecule has 118 valence electrons. The van der Waals surface area contributed by atoms with E-state index in [1.807, 2.05) is 12.1 Å². The van der Waals surface area contributed by atoms with Crippen LogP contribution in [0.1, 0.15) is 63.4 Å². The van der Waals surface area contributed by atoms with Crippen molar-refractivity contribution >= 4 is 25.4 Å². The highest BCUT2D eigenvalue weighted by Gasteiger charge is 2.41. The molecule has 0 spiro atoms. The summed E-state index contributed by atoms with van der Waals surface area (Å²) in [4.78, 5) is 11.7. The topological polar surface area (TPSA) is 37.3 Å². The highest BCUT2D eigenvalue weighted by atomic mass is 35.5. The van der Waals surface area contributed by atoms with Crippen molar-refractivity contribution in [3.8, 4) is 0 Å². The maximum Gasteiger partial charge on any atom is 0.300 e. The SMILES string of the molecule is [B]C(CCCC)(C(=O)O)C1CCC(c2ccc(Cl)cc2)CC1. The summed E-state index contributed by atoms with van der Waals surface area (Å²) in [7, 11) is 6.29. The molecule has 1 atom stereocenters. The number of carboxylic acids is 1. The summed E-state index contributed by atoms with van der Waals surface area (Å²) in [6.07, 6.45) is 6.22. The fourth-order valence-corrected chi connectivity index (χ4v) is 3.76. The molecule has 2 nitrogen and oxygen atoms in total. The van der Waals surface area contributed by atoms with E-state index in [1.165, 1.54) is 5.56 Å². The first-order chi connectivity index (χ1) is 10.5. The van der Waals surface area contributed by atoms with Crippen LogP contribution in [0.25, 0.3) is 0 Å². The molecule has 22 heavy (non-hydrogen) atoms. The molecule has 1 aliphatic rings. The van der Waals surface area contributed by atoms with Crippen molar-refractivity contribution < 1.29 is 9.90 Å². The third kappa shape index (κ3) is 3.87. The fraction of sp³-hybridized carbons (Fsp3) is 0.611. The number of unbranched alkanes of at least 4 members (excludes halogenated alkanes) is 1. The van der Waals surface area contributed by atoms with Crippen LogP contribution in [-0.4, -0.2) is 18.9 Å². The van der Waals surface area contributed by atoms with E-state index < -0.39 is 11.3 Å². The Balaban J connectivity index is 2.00. The van der Waals surface area contributed by atoms with Gasteiger partial charge in [0, 0.05) is 10.3 Å². The Labute approximate surface area is 139 Å². The fourth-order valence-electron chi connectivity index (χ4n) is 3.63. The average molecular weight is 319 g/mol. The molecule has 1 aromatic carbocycles. The van der Waals surface area contributed by atoms with Gasteiger partial charge in [-0.3, -0.25) is 4.79 Å². The van der Waals surface area contributed by atoms with Crippen LogP contribution in [0.15, 0.2) is 24.3 Å². The number of halogens is 1. The Morgan fingerprint density at radius 3 is 2.36 bits per heavy atom. The minimum Gasteiger partial charge on any atom is -0.481 e. The second kappa shape index (κ2) is 7.54. The van der Waals surface area contributed by atoms with Gasteiger partial charge >= 0.3 is 5.97 Å². The van der Waals surface area contributed by atoms with E-state index in [-0.39, 0.29) is 5.92 Å². The number of aliphatic carboxylic acids is 1. The molecule has 0 heterocycles. The van der Waals surface area contributed by atoms with Crippen LogP contribution in [0.5, 0.6) is 0 Å². The number of benzene rings is 1. The normalized spacial score (nSPS) is 24.6. The number of hydrogen-bond donors (Lipinski definition) is 1. The van der Waals surface area contributed by atoms with Crippen LogP contribution in [0.3, 0.4) is 0 Å². The lowest BCUT2D eigenvalue weighted by Gasteiger charge is -2.39. The molecule has 0 saturated heterocycles. The lowest BCUT2D eigenvalue weighted by Crippen LogP contribution is -2.34. The minimum absolute atomic E-state index is 0.0834. The van der Waals surface area contributed by atoms with E-state index in [2.05, 4.69) is 19.1 Å². The van der Waals surface area contributed by atoms with Crippen LogP contribution in [-0.2, 0) is 4.79 Å². The lowest BCUT2D eigenvalue weighted by molar-refractivity contribution is -0.143. The third-order valence-electron chi connectivity index (χ3n) is 5.14. The summed E-state index contributed by atoms with van der Waals surface area (Å²) in [5.41, 5.74) is 1.30. The van der Waals surface area contributed by atoms with Gasteiger partial charge in [-0.2, -0.15) is 0 Å². The van der Waals surface area contributed by atoms with Crippen LogP contribution in [0, 0.1) is 5.92 Å². The summed E-state index contributed by atoms with van der Waals surface area (Å²) in [5.74, 6) is -0.256. The molecule has 1 fully saturated rings. The van der Waals surface area contributed by atoms with Gasteiger partial charge in [0.1, 0.15) is 0 Å². The van der Waals surface area contributed by atoms with Crippen LogP contribution < -0.4 is 0 Å². The van der Waals surface area contributed by atoms with E-state index in [0.717, 1.165) is 43.5 Å². The summed E-state index contributed by atoms with van der Waals surface area (Å²) >= 11 is 5.94. The molecule has 0 bridgehead atoms. The number of carbonyl (C=O) groups is 1. The first kappa shape index (κ1) is 17.4. The molecule has 1 unspecified atom stereocenters. The summed E-state index contributed by atoms with van der Waals surface area (Å²) in [6, 6.07) is 8.01. The van der Waals surface area contributed by atoms with E-state index in [4.69, 9.17) is 19.4 Å². The Hall–Kier alpha value is -0.955. The average Bonchev–Trinajstić information content (AvgIpc) is 2.53. The zero-order chi connectivity index (χ0) is 16.2. The van der Waals surface area contributed by atoms with Crippen molar-refractivity contribution in [1.82, 2.24) is 0 Å². The molecular weight excluding hydrogens is 294 g/mol. The maximum atomic E-state index is 11.7. The Bertz CT molecular complexity index is 494. The summed E-state index contributed by atoms with van der Waals surface area (Å²) in [5, 5.41) is 9.28. The minimum atomic E-state index is -1.05. The molecular formula is C18H24BClO2. The van der Waals surface area contributed by atoms with Gasteiger partial charge in [-0.25, -0.2) is 0 Å². The smallest absolute Gasteiger partial charge is 0.300 e. The predicted molar refractivity (Wildman–Crippen MR) is 91.8 cm³/mol. The molecule has 1 aliphatic carbocycles. The number of rotatable bonds is 6. The van der Waals surface area contributed by atoms with E-state index in [0.29, 0.717) is 12.3 Å². The Kier molecular flexibility index (Phi) is 5.97. The standard InChI is InChI=1S/C18H24BClO2/c1-2-3-12-18(19,17(21)22)15-8-4-13(5-9-15)14-6-10-16(20)11-7-14/h6-7,10-11,13,15H,2-5,8-9,12H2,1H3,(H,21,22). The highest BCUT2D eigenvalue weighted by molar-refractivity contribution is 6.30. The van der Waals surface area contributed by atoms with Gasteiger partial charge in [0.2, 0.25) is 0 Å². The number of hydrogen-bond acceptors (Lipinski definition) is 1. The predicted octanol–water partition coefficient (Wildman–Crippen LogP) is 5.22. The molecule has 0 aromatic heterocycles. The molecule has 1 N–H and O–H groups in total. The summed E-state index contributed by atoms with van der Waals surface area (Å²) in [6.45, 7) is 2.07. The van der Waals surface area contributed by atoms with Crippen LogP contribution >= 0.6 is 11.6 Å². The zero-order valence-electron chi connectivity index (χ0n) is 13.2. The van der Waals surface area contributed by atoms with E-state index in [9.17, 15) is 9.90 Å². The third-order valence-corrected chi connectivity index (χ3v) is 5.39. The quantitative estimate of drug-likeness (QED) is 0.730. The van der Waals surface area contributed by atoms with Crippen LogP contribution in [0.4, 0.5) is 0 Å². The van der Waals surface area contributed by atoms with Crippen molar-refractivity contribution in [2.75, 3.05) is 0 Å². The second-order valence-corrected chi connectivity index (χ2v) is 6.99. The van der Waals surface area contributed by atoms with Crippen LogP contribution in [0.2, 0.25) is 10.3 Å². The monoisotopic (exact) mass is 318 g/mol. The van der Waals surface area contributed by atoms with Crippen molar-refractivity contribution in [2.24, 2.45) is 5.92 Å². The van der Waals surface area contributed by atoms with Gasteiger partial charge in [0.15, 0.2) is 0 Å². The first-order valence-electron chi connectivity index (χ1n) is 8.25. The molecule has 4 heteroatoms. The Morgan fingerprint density at radius 2 is 1.86 bits per heavy atom. The van der Waals surface area contributed by atoms with Gasteiger partial charge in [-0.15, -0.1) is 0 Å². The first-order valence-corrected chi connectivity index (χ1v) is 8.63. The number of carboxylic acid groups (broad SMARTS) is 1. The summed E-state index contributed by atoms with van der Waals surface area (Å²) < 4.78 is 0. The van der Waals surface area contributed by atoms with Crippen molar-refractivity contribution in [3.05, 3.63) is 34.9 Å². The molecule has 0 amide bonds. The van der Waals surface area contributed by atoms with Crippen molar-refractivity contribution in [1.29, 1.82) is 0 Å². The maximum absolute atomic E-state index is 11.7. The highest BCUT2D eigenvalue weighted by Crippen LogP contribution is 2.48. The van der Waals surface area contributed by atoms with Gasteiger partial charge < -0.3 is 5.11 Å². The van der Waals surface area contributed by atoms with E-state index >= 15 is 0 Å². The lowest BCUT2D eigenvalue weighted by atomic mass is 9.54.